The molecular weight excluding hydrogens is 283 g/mol. The number of nitrogens with zero attached hydrogens (tertiary/aromatic N) is 2. The molecule has 1 saturated heterocycles. The topological polar surface area (TPSA) is 48.9 Å². The fourth-order valence-electron chi connectivity index (χ4n) is 2.30. The molecular formula is C16H25FN4O. The van der Waals surface area contributed by atoms with Gasteiger partial charge >= 0.3 is 0 Å². The summed E-state index contributed by atoms with van der Waals surface area (Å²) in [5.41, 5.74) is 0.979. The van der Waals surface area contributed by atoms with Crippen molar-refractivity contribution in [1.29, 1.82) is 0 Å². The summed E-state index contributed by atoms with van der Waals surface area (Å²) in [7, 11) is 2.10. The van der Waals surface area contributed by atoms with Gasteiger partial charge in [0.25, 0.3) is 0 Å². The largest absolute Gasteiger partial charge is 0.374 e. The Hall–Kier alpha value is -1.66. The number of likely N-dealkylation sites (N-methyl/N-ethyl adjacent to an activating group) is 1. The van der Waals surface area contributed by atoms with E-state index in [2.05, 4.69) is 27.6 Å². The number of hydrogen-bond donors (Lipinski definition) is 2. The Labute approximate surface area is 131 Å². The molecule has 1 aromatic carbocycles. The van der Waals surface area contributed by atoms with E-state index < -0.39 is 0 Å². The Morgan fingerprint density at radius 3 is 2.82 bits per heavy atom. The fraction of sp³-hybridized carbons (Fsp3) is 0.562. The van der Waals surface area contributed by atoms with Gasteiger partial charge in [0.1, 0.15) is 5.82 Å². The minimum Gasteiger partial charge on any atom is -0.374 e. The van der Waals surface area contributed by atoms with Crippen molar-refractivity contribution in [3.63, 3.8) is 0 Å². The molecule has 6 heteroatoms. The van der Waals surface area contributed by atoms with E-state index in [0.717, 1.165) is 44.3 Å². The summed E-state index contributed by atoms with van der Waals surface area (Å²) in [6.07, 6.45) is 0.174. The molecule has 1 fully saturated rings. The van der Waals surface area contributed by atoms with Crippen LogP contribution >= 0.6 is 0 Å². The molecule has 0 amide bonds. The zero-order valence-electron chi connectivity index (χ0n) is 13.3. The lowest BCUT2D eigenvalue weighted by atomic mass is 10.2. The number of rotatable bonds is 5. The molecule has 1 unspecified atom stereocenters. The van der Waals surface area contributed by atoms with Gasteiger partial charge in [-0.3, -0.25) is 0 Å². The quantitative estimate of drug-likeness (QED) is 0.634. The smallest absolute Gasteiger partial charge is 0.191 e. The summed E-state index contributed by atoms with van der Waals surface area (Å²) in [5.74, 6) is 0.528. The number of hydrogen-bond acceptors (Lipinski definition) is 3. The lowest BCUT2D eigenvalue weighted by Gasteiger charge is -2.30. The average molecular weight is 308 g/mol. The molecule has 0 spiro atoms. The molecule has 1 heterocycles. The van der Waals surface area contributed by atoms with Crippen molar-refractivity contribution in [2.24, 2.45) is 4.99 Å². The molecule has 0 aliphatic carbocycles. The molecule has 0 bridgehead atoms. The van der Waals surface area contributed by atoms with Crippen LogP contribution in [0.1, 0.15) is 12.5 Å². The van der Waals surface area contributed by atoms with Gasteiger partial charge in [-0.1, -0.05) is 12.1 Å². The van der Waals surface area contributed by atoms with E-state index in [1.807, 2.05) is 6.92 Å². The molecule has 22 heavy (non-hydrogen) atoms. The van der Waals surface area contributed by atoms with E-state index in [4.69, 9.17) is 4.74 Å². The van der Waals surface area contributed by atoms with Gasteiger partial charge in [-0.2, -0.15) is 0 Å². The first kappa shape index (κ1) is 16.7. The Balaban J connectivity index is 1.85. The molecule has 0 saturated carbocycles. The zero-order valence-corrected chi connectivity index (χ0v) is 13.3. The molecule has 1 aliphatic heterocycles. The van der Waals surface area contributed by atoms with E-state index in [1.165, 1.54) is 12.1 Å². The number of morpholine rings is 1. The molecule has 0 aromatic heterocycles. The Bertz CT molecular complexity index is 478. The van der Waals surface area contributed by atoms with Crippen LogP contribution in [0.15, 0.2) is 29.3 Å². The molecule has 1 aliphatic rings. The minimum atomic E-state index is -0.226. The number of aliphatic imine (C=N–C) groups is 1. The lowest BCUT2D eigenvalue weighted by molar-refractivity contribution is -0.0161. The maximum Gasteiger partial charge on any atom is 0.191 e. The van der Waals surface area contributed by atoms with E-state index >= 15 is 0 Å². The van der Waals surface area contributed by atoms with Crippen LogP contribution < -0.4 is 10.6 Å². The predicted octanol–water partition coefficient (Wildman–Crippen LogP) is 1.21. The minimum absolute atomic E-state index is 0.174. The Morgan fingerprint density at radius 2 is 2.14 bits per heavy atom. The molecule has 1 atom stereocenters. The number of benzene rings is 1. The van der Waals surface area contributed by atoms with E-state index in [-0.39, 0.29) is 11.9 Å². The normalized spacial score (nSPS) is 20.0. The third-order valence-electron chi connectivity index (χ3n) is 3.52. The Morgan fingerprint density at radius 1 is 1.36 bits per heavy atom. The van der Waals surface area contributed by atoms with Gasteiger partial charge < -0.3 is 20.3 Å². The van der Waals surface area contributed by atoms with Crippen LogP contribution in [0.4, 0.5) is 4.39 Å². The van der Waals surface area contributed by atoms with Crippen LogP contribution in [0.25, 0.3) is 0 Å². The first-order valence-electron chi connectivity index (χ1n) is 7.74. The van der Waals surface area contributed by atoms with Gasteiger partial charge in [-0.15, -0.1) is 0 Å². The lowest BCUT2D eigenvalue weighted by Crippen LogP contribution is -2.48. The Kier molecular flexibility index (Phi) is 6.61. The highest BCUT2D eigenvalue weighted by atomic mass is 19.1. The van der Waals surface area contributed by atoms with Crippen molar-refractivity contribution in [3.8, 4) is 0 Å². The van der Waals surface area contributed by atoms with Crippen LogP contribution in [0.3, 0.4) is 0 Å². The maximum atomic E-state index is 12.9. The first-order valence-corrected chi connectivity index (χ1v) is 7.74. The van der Waals surface area contributed by atoms with Crippen molar-refractivity contribution < 1.29 is 9.13 Å². The molecule has 2 rings (SSSR count). The number of halogens is 1. The van der Waals surface area contributed by atoms with Crippen LogP contribution in [0.5, 0.6) is 0 Å². The monoisotopic (exact) mass is 308 g/mol. The van der Waals surface area contributed by atoms with Gasteiger partial charge in [-0.05, 0) is 31.7 Å². The zero-order chi connectivity index (χ0) is 15.8. The van der Waals surface area contributed by atoms with Gasteiger partial charge in [0.05, 0.1) is 19.3 Å². The number of ether oxygens (including phenoxy) is 1. The molecule has 1 aromatic rings. The van der Waals surface area contributed by atoms with Crippen molar-refractivity contribution >= 4 is 5.96 Å². The third kappa shape index (κ3) is 5.61. The standard InChI is InChI=1S/C16H25FN4O/c1-3-18-16(19-10-13-4-6-14(17)7-5-13)20-11-15-12-21(2)8-9-22-15/h4-7,15H,3,8-12H2,1-2H3,(H2,18,19,20). The SMILES string of the molecule is CCNC(=NCc1ccc(F)cc1)NCC1CN(C)CCO1. The maximum absolute atomic E-state index is 12.9. The number of nitrogens with one attached hydrogen (secondary N) is 2. The second-order valence-corrected chi connectivity index (χ2v) is 5.46. The highest BCUT2D eigenvalue weighted by Crippen LogP contribution is 2.04. The van der Waals surface area contributed by atoms with Crippen LogP contribution in [-0.4, -0.2) is 56.8 Å². The van der Waals surface area contributed by atoms with Crippen molar-refractivity contribution in [2.75, 3.05) is 39.8 Å². The third-order valence-corrected chi connectivity index (χ3v) is 3.52. The van der Waals surface area contributed by atoms with Crippen LogP contribution in [-0.2, 0) is 11.3 Å². The molecule has 122 valence electrons. The van der Waals surface area contributed by atoms with Crippen molar-refractivity contribution in [1.82, 2.24) is 15.5 Å². The summed E-state index contributed by atoms with van der Waals surface area (Å²) in [4.78, 5) is 6.78. The average Bonchev–Trinajstić information content (AvgIpc) is 2.52. The highest BCUT2D eigenvalue weighted by Gasteiger charge is 2.17. The second kappa shape index (κ2) is 8.70. The predicted molar refractivity (Wildman–Crippen MR) is 86.5 cm³/mol. The number of guanidine groups is 1. The van der Waals surface area contributed by atoms with Crippen molar-refractivity contribution in [3.05, 3.63) is 35.6 Å². The summed E-state index contributed by atoms with van der Waals surface area (Å²) >= 11 is 0. The van der Waals surface area contributed by atoms with Crippen molar-refractivity contribution in [2.45, 2.75) is 19.6 Å². The van der Waals surface area contributed by atoms with Gasteiger partial charge in [0.2, 0.25) is 0 Å². The van der Waals surface area contributed by atoms with Gasteiger partial charge in [0.15, 0.2) is 5.96 Å². The van der Waals surface area contributed by atoms with Crippen LogP contribution in [0.2, 0.25) is 0 Å². The highest BCUT2D eigenvalue weighted by molar-refractivity contribution is 5.79. The van der Waals surface area contributed by atoms with Gasteiger partial charge in [0, 0.05) is 26.2 Å². The molecule has 5 nitrogen and oxygen atoms in total. The summed E-state index contributed by atoms with van der Waals surface area (Å²) < 4.78 is 18.6. The first-order chi connectivity index (χ1) is 10.7. The molecule has 0 radical (unpaired) electrons. The van der Waals surface area contributed by atoms with E-state index in [0.29, 0.717) is 6.54 Å². The molecule has 2 N–H and O–H groups in total. The van der Waals surface area contributed by atoms with E-state index in [9.17, 15) is 4.39 Å². The summed E-state index contributed by atoms with van der Waals surface area (Å²) in [5, 5.41) is 6.52. The summed E-state index contributed by atoms with van der Waals surface area (Å²) in [6, 6.07) is 6.41. The van der Waals surface area contributed by atoms with Crippen LogP contribution in [0, 0.1) is 5.82 Å². The van der Waals surface area contributed by atoms with E-state index in [1.54, 1.807) is 12.1 Å². The fourth-order valence-corrected chi connectivity index (χ4v) is 2.30. The van der Waals surface area contributed by atoms with Gasteiger partial charge in [-0.25, -0.2) is 9.38 Å². The summed E-state index contributed by atoms with van der Waals surface area (Å²) in [6.45, 7) is 6.73. The second-order valence-electron chi connectivity index (χ2n) is 5.46.